The summed E-state index contributed by atoms with van der Waals surface area (Å²) >= 11 is 0. The van der Waals surface area contributed by atoms with Gasteiger partial charge in [-0.15, -0.1) is 24.8 Å². The van der Waals surface area contributed by atoms with E-state index in [-0.39, 0.29) is 36.8 Å². The second-order valence-corrected chi connectivity index (χ2v) is 4.21. The third-order valence-corrected chi connectivity index (χ3v) is 2.95. The molecule has 0 bridgehead atoms. The van der Waals surface area contributed by atoms with Crippen LogP contribution in [0.3, 0.4) is 0 Å². The van der Waals surface area contributed by atoms with Crippen molar-refractivity contribution in [3.05, 3.63) is 0 Å². The van der Waals surface area contributed by atoms with Crippen LogP contribution in [0.5, 0.6) is 0 Å². The first-order valence-electron chi connectivity index (χ1n) is 5.99. The number of nitrogens with zero attached hydrogens (tertiary/aromatic N) is 1. The van der Waals surface area contributed by atoms with Crippen molar-refractivity contribution in [1.29, 1.82) is 0 Å². The summed E-state index contributed by atoms with van der Waals surface area (Å²) in [7, 11) is 0. The van der Waals surface area contributed by atoms with Crippen molar-refractivity contribution >= 4 is 30.7 Å². The molecule has 0 aromatic heterocycles. The molecule has 0 saturated carbocycles. The van der Waals surface area contributed by atoms with Crippen molar-refractivity contribution in [2.45, 2.75) is 38.6 Å². The normalized spacial score (nSPS) is 17.5. The van der Waals surface area contributed by atoms with Crippen molar-refractivity contribution in [1.82, 2.24) is 10.2 Å². The number of likely N-dealkylation sites (tertiary alicyclic amines) is 1. The molecule has 0 spiro atoms. The highest BCUT2D eigenvalue weighted by molar-refractivity contribution is 5.85. The van der Waals surface area contributed by atoms with Crippen LogP contribution in [-0.4, -0.2) is 43.0 Å². The monoisotopic (exact) mass is 285 g/mol. The van der Waals surface area contributed by atoms with Gasteiger partial charge in [0.05, 0.1) is 6.04 Å². The molecule has 1 fully saturated rings. The zero-order valence-corrected chi connectivity index (χ0v) is 12.1. The van der Waals surface area contributed by atoms with E-state index >= 15 is 0 Å². The first-order valence-corrected chi connectivity index (χ1v) is 5.99. The zero-order valence-electron chi connectivity index (χ0n) is 10.5. The van der Waals surface area contributed by atoms with Crippen LogP contribution in [0.1, 0.15) is 32.6 Å². The summed E-state index contributed by atoms with van der Waals surface area (Å²) in [5.74, 6) is -0.0190. The molecule has 104 valence electrons. The Kier molecular flexibility index (Phi) is 12.6. The van der Waals surface area contributed by atoms with Gasteiger partial charge in [-0.25, -0.2) is 0 Å². The molecule has 0 aliphatic carbocycles. The highest BCUT2D eigenvalue weighted by atomic mass is 35.5. The van der Waals surface area contributed by atoms with Crippen LogP contribution in [0, 0.1) is 0 Å². The van der Waals surface area contributed by atoms with E-state index in [2.05, 4.69) is 10.2 Å². The van der Waals surface area contributed by atoms with Crippen LogP contribution in [0.2, 0.25) is 0 Å². The Balaban J connectivity index is 0. The third kappa shape index (κ3) is 7.82. The maximum Gasteiger partial charge on any atom is 0.236 e. The number of hydrogen-bond donors (Lipinski definition) is 2. The van der Waals surface area contributed by atoms with Crippen molar-refractivity contribution in [2.24, 2.45) is 5.73 Å². The second kappa shape index (κ2) is 11.1. The molecule has 1 saturated heterocycles. The van der Waals surface area contributed by atoms with Gasteiger partial charge in [0.15, 0.2) is 0 Å². The lowest BCUT2D eigenvalue weighted by Crippen LogP contribution is -2.44. The Labute approximate surface area is 117 Å². The highest BCUT2D eigenvalue weighted by Crippen LogP contribution is 2.07. The minimum atomic E-state index is -0.341. The quantitative estimate of drug-likeness (QED) is 0.797. The van der Waals surface area contributed by atoms with E-state index in [1.54, 1.807) is 0 Å². The summed E-state index contributed by atoms with van der Waals surface area (Å²) < 4.78 is 0. The van der Waals surface area contributed by atoms with Gasteiger partial charge in [0.2, 0.25) is 5.91 Å². The third-order valence-electron chi connectivity index (χ3n) is 2.95. The van der Waals surface area contributed by atoms with Crippen LogP contribution in [0.15, 0.2) is 0 Å². The van der Waals surface area contributed by atoms with E-state index in [1.165, 1.54) is 32.4 Å². The second-order valence-electron chi connectivity index (χ2n) is 4.21. The molecule has 1 rings (SSSR count). The maximum atomic E-state index is 11.4. The molecular formula is C11H25Cl2N3O. The van der Waals surface area contributed by atoms with Crippen molar-refractivity contribution in [2.75, 3.05) is 26.2 Å². The molecule has 1 heterocycles. The summed E-state index contributed by atoms with van der Waals surface area (Å²) in [5, 5.41) is 2.88. The SMILES string of the molecule is CC[C@H](N)C(=O)NCCN1CCCCC1.Cl.Cl. The lowest BCUT2D eigenvalue weighted by atomic mass is 10.1. The fraction of sp³-hybridized carbons (Fsp3) is 0.909. The van der Waals surface area contributed by atoms with Crippen LogP contribution in [0.4, 0.5) is 0 Å². The minimum absolute atomic E-state index is 0. The van der Waals surface area contributed by atoms with Gasteiger partial charge in [0.1, 0.15) is 0 Å². The lowest BCUT2D eigenvalue weighted by Gasteiger charge is -2.26. The first-order chi connectivity index (χ1) is 7.24. The largest absolute Gasteiger partial charge is 0.353 e. The summed E-state index contributed by atoms with van der Waals surface area (Å²) in [5.41, 5.74) is 5.61. The zero-order chi connectivity index (χ0) is 11.1. The summed E-state index contributed by atoms with van der Waals surface area (Å²) in [4.78, 5) is 13.8. The summed E-state index contributed by atoms with van der Waals surface area (Å²) in [6.07, 6.45) is 4.64. The molecular weight excluding hydrogens is 261 g/mol. The lowest BCUT2D eigenvalue weighted by molar-refractivity contribution is -0.122. The first kappa shape index (κ1) is 19.3. The number of carbonyl (C=O) groups excluding carboxylic acids is 1. The average molecular weight is 286 g/mol. The van der Waals surface area contributed by atoms with E-state index < -0.39 is 0 Å². The minimum Gasteiger partial charge on any atom is -0.353 e. The van der Waals surface area contributed by atoms with Gasteiger partial charge in [-0.3, -0.25) is 4.79 Å². The number of carbonyl (C=O) groups is 1. The number of hydrogen-bond acceptors (Lipinski definition) is 3. The number of piperidine rings is 1. The fourth-order valence-electron chi connectivity index (χ4n) is 1.84. The van der Waals surface area contributed by atoms with Gasteiger partial charge in [0, 0.05) is 13.1 Å². The Bertz CT molecular complexity index is 199. The van der Waals surface area contributed by atoms with E-state index in [0.717, 1.165) is 13.1 Å². The Hall–Kier alpha value is -0.0300. The van der Waals surface area contributed by atoms with Gasteiger partial charge >= 0.3 is 0 Å². The molecule has 1 aliphatic heterocycles. The fourth-order valence-corrected chi connectivity index (χ4v) is 1.84. The number of nitrogens with two attached hydrogens (primary N) is 1. The average Bonchev–Trinajstić information content (AvgIpc) is 2.29. The topological polar surface area (TPSA) is 58.4 Å². The number of halogens is 2. The van der Waals surface area contributed by atoms with Crippen LogP contribution in [-0.2, 0) is 4.79 Å². The predicted octanol–water partition coefficient (Wildman–Crippen LogP) is 1.17. The molecule has 1 aliphatic rings. The van der Waals surface area contributed by atoms with Crippen molar-refractivity contribution in [3.8, 4) is 0 Å². The summed E-state index contributed by atoms with van der Waals surface area (Å²) in [6.45, 7) is 5.97. The van der Waals surface area contributed by atoms with Crippen LogP contribution >= 0.6 is 24.8 Å². The van der Waals surface area contributed by atoms with E-state index in [0.29, 0.717) is 6.42 Å². The van der Waals surface area contributed by atoms with Gasteiger partial charge in [-0.2, -0.15) is 0 Å². The summed E-state index contributed by atoms with van der Waals surface area (Å²) in [6, 6.07) is -0.341. The molecule has 0 radical (unpaired) electrons. The van der Waals surface area contributed by atoms with Gasteiger partial charge in [-0.1, -0.05) is 13.3 Å². The smallest absolute Gasteiger partial charge is 0.236 e. The Morgan fingerprint density at radius 3 is 2.41 bits per heavy atom. The number of amides is 1. The molecule has 4 nitrogen and oxygen atoms in total. The van der Waals surface area contributed by atoms with Crippen molar-refractivity contribution < 1.29 is 4.79 Å². The molecule has 17 heavy (non-hydrogen) atoms. The van der Waals surface area contributed by atoms with Gasteiger partial charge in [0.25, 0.3) is 0 Å². The molecule has 3 N–H and O–H groups in total. The maximum absolute atomic E-state index is 11.4. The molecule has 0 aromatic rings. The van der Waals surface area contributed by atoms with Gasteiger partial charge < -0.3 is 16.0 Å². The molecule has 6 heteroatoms. The van der Waals surface area contributed by atoms with E-state index in [4.69, 9.17) is 5.73 Å². The van der Waals surface area contributed by atoms with E-state index in [1.807, 2.05) is 6.92 Å². The molecule has 0 aromatic carbocycles. The van der Waals surface area contributed by atoms with Crippen LogP contribution in [0.25, 0.3) is 0 Å². The number of nitrogens with one attached hydrogen (secondary N) is 1. The van der Waals surface area contributed by atoms with E-state index in [9.17, 15) is 4.79 Å². The highest BCUT2D eigenvalue weighted by Gasteiger charge is 2.12. The Morgan fingerprint density at radius 1 is 1.29 bits per heavy atom. The molecule has 1 amide bonds. The van der Waals surface area contributed by atoms with Crippen molar-refractivity contribution in [3.63, 3.8) is 0 Å². The standard InChI is InChI=1S/C11H23N3O.2ClH/c1-2-10(12)11(15)13-6-9-14-7-4-3-5-8-14;;/h10H,2-9,12H2,1H3,(H,13,15);2*1H/t10-;;/m0../s1. The number of rotatable bonds is 5. The molecule has 1 atom stereocenters. The van der Waals surface area contributed by atoms with Crippen LogP contribution < -0.4 is 11.1 Å². The van der Waals surface area contributed by atoms with Gasteiger partial charge in [-0.05, 0) is 32.4 Å². The molecule has 0 unspecified atom stereocenters. The predicted molar refractivity (Wildman–Crippen MR) is 76.1 cm³/mol. The Morgan fingerprint density at radius 2 is 1.88 bits per heavy atom.